The molecule has 0 aromatic heterocycles. The maximum Gasteiger partial charge on any atom is 0.227 e. The first-order valence-electron chi connectivity index (χ1n) is 7.22. The molecule has 1 aliphatic rings. The van der Waals surface area contributed by atoms with Crippen LogP contribution >= 0.6 is 11.6 Å². The Morgan fingerprint density at radius 2 is 2.15 bits per heavy atom. The van der Waals surface area contributed by atoms with E-state index in [4.69, 9.17) is 11.6 Å². The molecule has 0 unspecified atom stereocenters. The highest BCUT2D eigenvalue weighted by atomic mass is 35.5. The van der Waals surface area contributed by atoms with Gasteiger partial charge in [0.15, 0.2) is 0 Å². The van der Waals surface area contributed by atoms with E-state index in [-0.39, 0.29) is 5.91 Å². The van der Waals surface area contributed by atoms with Crippen LogP contribution in [0, 0.1) is 5.92 Å². The van der Waals surface area contributed by atoms with Crippen molar-refractivity contribution in [2.45, 2.75) is 19.3 Å². The number of hydrogen-bond acceptors (Lipinski definition) is 2. The first-order chi connectivity index (χ1) is 9.56. The first-order valence-corrected chi connectivity index (χ1v) is 7.60. The standard InChI is InChI=1S/C16H23ClN2O/c1-18(2)11-13-6-5-9-19(12-13)16(20)10-14-7-3-4-8-15(14)17/h3-4,7-8,13H,5-6,9-12H2,1-2H3/t13-/m1/s1. The van der Waals surface area contributed by atoms with E-state index < -0.39 is 0 Å². The molecule has 0 spiro atoms. The lowest BCUT2D eigenvalue weighted by molar-refractivity contribution is -0.132. The summed E-state index contributed by atoms with van der Waals surface area (Å²) in [6.45, 7) is 2.81. The van der Waals surface area contributed by atoms with Crippen molar-refractivity contribution in [3.05, 3.63) is 34.9 Å². The molecule has 1 atom stereocenters. The van der Waals surface area contributed by atoms with E-state index in [0.717, 1.165) is 31.6 Å². The maximum atomic E-state index is 12.4. The molecular weight excluding hydrogens is 272 g/mol. The molecule has 1 fully saturated rings. The summed E-state index contributed by atoms with van der Waals surface area (Å²) in [4.78, 5) is 16.6. The van der Waals surface area contributed by atoms with E-state index in [1.54, 1.807) is 0 Å². The van der Waals surface area contributed by atoms with Crippen molar-refractivity contribution >= 4 is 17.5 Å². The summed E-state index contributed by atoms with van der Waals surface area (Å²) in [5.74, 6) is 0.788. The lowest BCUT2D eigenvalue weighted by atomic mass is 9.97. The van der Waals surface area contributed by atoms with E-state index in [1.807, 2.05) is 29.2 Å². The fourth-order valence-corrected chi connectivity index (χ4v) is 3.08. The fourth-order valence-electron chi connectivity index (χ4n) is 2.87. The molecule has 0 saturated carbocycles. The van der Waals surface area contributed by atoms with Crippen LogP contribution in [0.1, 0.15) is 18.4 Å². The number of likely N-dealkylation sites (tertiary alicyclic amines) is 1. The van der Waals surface area contributed by atoms with Crippen molar-refractivity contribution in [2.24, 2.45) is 5.92 Å². The summed E-state index contributed by atoms with van der Waals surface area (Å²) in [5.41, 5.74) is 0.925. The Hall–Kier alpha value is -1.06. The number of amides is 1. The van der Waals surface area contributed by atoms with Crippen LogP contribution < -0.4 is 0 Å². The quantitative estimate of drug-likeness (QED) is 0.852. The molecule has 0 N–H and O–H groups in total. The van der Waals surface area contributed by atoms with Crippen LogP contribution in [0.4, 0.5) is 0 Å². The molecule has 1 aliphatic heterocycles. The number of benzene rings is 1. The summed E-state index contributed by atoms with van der Waals surface area (Å²) < 4.78 is 0. The second kappa shape index (κ2) is 7.09. The number of nitrogens with zero attached hydrogens (tertiary/aromatic N) is 2. The van der Waals surface area contributed by atoms with Gasteiger partial charge in [0.05, 0.1) is 6.42 Å². The molecule has 1 aromatic carbocycles. The molecule has 0 radical (unpaired) electrons. The second-order valence-electron chi connectivity index (χ2n) is 5.88. The number of rotatable bonds is 4. The molecule has 3 nitrogen and oxygen atoms in total. The number of halogens is 1. The van der Waals surface area contributed by atoms with Gasteiger partial charge in [-0.25, -0.2) is 0 Å². The lowest BCUT2D eigenvalue weighted by Gasteiger charge is -2.34. The highest BCUT2D eigenvalue weighted by molar-refractivity contribution is 6.31. The molecule has 20 heavy (non-hydrogen) atoms. The fraction of sp³-hybridized carbons (Fsp3) is 0.562. The maximum absolute atomic E-state index is 12.4. The van der Waals surface area contributed by atoms with Gasteiger partial charge >= 0.3 is 0 Å². The topological polar surface area (TPSA) is 23.6 Å². The third-order valence-electron chi connectivity index (χ3n) is 3.79. The monoisotopic (exact) mass is 294 g/mol. The van der Waals surface area contributed by atoms with Gasteiger partial charge in [0, 0.05) is 24.7 Å². The van der Waals surface area contributed by atoms with E-state index in [0.29, 0.717) is 17.4 Å². The van der Waals surface area contributed by atoms with Gasteiger partial charge < -0.3 is 9.80 Å². The van der Waals surface area contributed by atoms with E-state index in [1.165, 1.54) is 6.42 Å². The minimum absolute atomic E-state index is 0.196. The van der Waals surface area contributed by atoms with Gasteiger partial charge in [-0.15, -0.1) is 0 Å². The van der Waals surface area contributed by atoms with Crippen LogP contribution in [0.25, 0.3) is 0 Å². The third-order valence-corrected chi connectivity index (χ3v) is 4.16. The van der Waals surface area contributed by atoms with Crippen molar-refractivity contribution in [3.63, 3.8) is 0 Å². The molecule has 1 aromatic rings. The zero-order valence-electron chi connectivity index (χ0n) is 12.3. The molecule has 110 valence electrons. The number of piperidine rings is 1. The number of hydrogen-bond donors (Lipinski definition) is 0. The van der Waals surface area contributed by atoms with Crippen molar-refractivity contribution in [1.29, 1.82) is 0 Å². The van der Waals surface area contributed by atoms with Gasteiger partial charge in [-0.3, -0.25) is 4.79 Å². The first kappa shape index (κ1) is 15.3. The summed E-state index contributed by atoms with van der Waals surface area (Å²) in [7, 11) is 4.18. The van der Waals surface area contributed by atoms with E-state index in [9.17, 15) is 4.79 Å². The Morgan fingerprint density at radius 3 is 2.85 bits per heavy atom. The van der Waals surface area contributed by atoms with Gasteiger partial charge in [0.2, 0.25) is 5.91 Å². The molecule has 4 heteroatoms. The second-order valence-corrected chi connectivity index (χ2v) is 6.29. The predicted molar refractivity (Wildman–Crippen MR) is 83.0 cm³/mol. The smallest absolute Gasteiger partial charge is 0.227 e. The highest BCUT2D eigenvalue weighted by Gasteiger charge is 2.24. The normalized spacial score (nSPS) is 19.4. The Bertz CT molecular complexity index is 462. The van der Waals surface area contributed by atoms with Crippen molar-refractivity contribution < 1.29 is 4.79 Å². The Kier molecular flexibility index (Phi) is 5.44. The average Bonchev–Trinajstić information content (AvgIpc) is 2.41. The summed E-state index contributed by atoms with van der Waals surface area (Å²) >= 11 is 6.13. The summed E-state index contributed by atoms with van der Waals surface area (Å²) in [6, 6.07) is 7.60. The molecule has 1 amide bonds. The SMILES string of the molecule is CN(C)C[C@H]1CCCN(C(=O)Cc2ccccc2Cl)C1. The highest BCUT2D eigenvalue weighted by Crippen LogP contribution is 2.20. The van der Waals surface area contributed by atoms with Crippen LogP contribution in [-0.4, -0.2) is 49.4 Å². The van der Waals surface area contributed by atoms with Gasteiger partial charge in [-0.05, 0) is 44.5 Å². The Balaban J connectivity index is 1.93. The van der Waals surface area contributed by atoms with Gasteiger partial charge in [-0.1, -0.05) is 29.8 Å². The molecule has 1 saturated heterocycles. The zero-order valence-corrected chi connectivity index (χ0v) is 13.1. The molecular formula is C16H23ClN2O. The molecule has 2 rings (SSSR count). The Labute approximate surface area is 126 Å². The Morgan fingerprint density at radius 1 is 1.40 bits per heavy atom. The minimum Gasteiger partial charge on any atom is -0.342 e. The predicted octanol–water partition coefficient (Wildman–Crippen LogP) is 2.68. The summed E-state index contributed by atoms with van der Waals surface area (Å²) in [6.07, 6.45) is 2.73. The van der Waals surface area contributed by atoms with Crippen molar-refractivity contribution in [2.75, 3.05) is 33.7 Å². The van der Waals surface area contributed by atoms with Gasteiger partial charge in [0.25, 0.3) is 0 Å². The van der Waals surface area contributed by atoms with Crippen LogP contribution in [0.15, 0.2) is 24.3 Å². The third kappa shape index (κ3) is 4.22. The molecule has 1 heterocycles. The lowest BCUT2D eigenvalue weighted by Crippen LogP contribution is -2.43. The van der Waals surface area contributed by atoms with Gasteiger partial charge in [0.1, 0.15) is 0 Å². The van der Waals surface area contributed by atoms with Crippen LogP contribution in [0.2, 0.25) is 5.02 Å². The number of carbonyl (C=O) groups excluding carboxylic acids is 1. The van der Waals surface area contributed by atoms with E-state index >= 15 is 0 Å². The van der Waals surface area contributed by atoms with Crippen molar-refractivity contribution in [3.8, 4) is 0 Å². The molecule has 0 bridgehead atoms. The zero-order chi connectivity index (χ0) is 14.5. The number of carbonyl (C=O) groups is 1. The average molecular weight is 295 g/mol. The minimum atomic E-state index is 0.196. The van der Waals surface area contributed by atoms with Gasteiger partial charge in [-0.2, -0.15) is 0 Å². The van der Waals surface area contributed by atoms with Crippen LogP contribution in [0.3, 0.4) is 0 Å². The van der Waals surface area contributed by atoms with Crippen LogP contribution in [-0.2, 0) is 11.2 Å². The summed E-state index contributed by atoms with van der Waals surface area (Å²) in [5, 5.41) is 0.683. The van der Waals surface area contributed by atoms with E-state index in [2.05, 4.69) is 19.0 Å². The molecule has 0 aliphatic carbocycles. The largest absolute Gasteiger partial charge is 0.342 e. The van der Waals surface area contributed by atoms with Crippen molar-refractivity contribution in [1.82, 2.24) is 9.80 Å². The van der Waals surface area contributed by atoms with Crippen LogP contribution in [0.5, 0.6) is 0 Å².